The number of nitrogens with zero attached hydrogens (tertiary/aromatic N) is 1. The van der Waals surface area contributed by atoms with Crippen LogP contribution < -0.4 is 5.32 Å². The van der Waals surface area contributed by atoms with Crippen LogP contribution in [-0.2, 0) is 4.79 Å². The Kier molecular flexibility index (Phi) is 5.25. The summed E-state index contributed by atoms with van der Waals surface area (Å²) < 4.78 is 13.4. The van der Waals surface area contributed by atoms with Crippen molar-refractivity contribution in [2.24, 2.45) is 0 Å². The standard InChI is InChI=1S/C18H17FN2O2/c1-21(2)18(23)14-7-10-15(11-8-14)20-17(22)12-9-13-5-3-4-6-16(13)19/h3-12H,1-2H3,(H,20,22)/b12-9+. The van der Waals surface area contributed by atoms with Crippen LogP contribution in [0.15, 0.2) is 54.6 Å². The van der Waals surface area contributed by atoms with E-state index >= 15 is 0 Å². The van der Waals surface area contributed by atoms with Gasteiger partial charge < -0.3 is 10.2 Å². The molecule has 2 aromatic rings. The van der Waals surface area contributed by atoms with Crippen molar-refractivity contribution >= 4 is 23.6 Å². The predicted octanol–water partition coefficient (Wildman–Crippen LogP) is 3.18. The molecule has 0 aliphatic carbocycles. The van der Waals surface area contributed by atoms with Gasteiger partial charge in [0.1, 0.15) is 5.82 Å². The fourth-order valence-electron chi connectivity index (χ4n) is 1.91. The first-order chi connectivity index (χ1) is 11.0. The van der Waals surface area contributed by atoms with Gasteiger partial charge >= 0.3 is 0 Å². The van der Waals surface area contributed by atoms with E-state index in [0.717, 1.165) is 0 Å². The van der Waals surface area contributed by atoms with Gasteiger partial charge in [-0.1, -0.05) is 18.2 Å². The molecule has 0 radical (unpaired) electrons. The zero-order valence-electron chi connectivity index (χ0n) is 12.9. The molecule has 1 N–H and O–H groups in total. The van der Waals surface area contributed by atoms with Crippen molar-refractivity contribution in [3.05, 3.63) is 71.6 Å². The SMILES string of the molecule is CN(C)C(=O)c1ccc(NC(=O)/C=C/c2ccccc2F)cc1. The van der Waals surface area contributed by atoms with Gasteiger partial charge in [-0.15, -0.1) is 0 Å². The molecule has 0 aliphatic heterocycles. The maximum atomic E-state index is 13.4. The molecule has 0 spiro atoms. The van der Waals surface area contributed by atoms with E-state index in [0.29, 0.717) is 16.8 Å². The second kappa shape index (κ2) is 7.35. The zero-order valence-corrected chi connectivity index (χ0v) is 12.9. The van der Waals surface area contributed by atoms with E-state index < -0.39 is 0 Å². The molecule has 2 rings (SSSR count). The number of hydrogen-bond donors (Lipinski definition) is 1. The van der Waals surface area contributed by atoms with E-state index in [2.05, 4.69) is 5.32 Å². The average molecular weight is 312 g/mol. The zero-order chi connectivity index (χ0) is 16.8. The van der Waals surface area contributed by atoms with Crippen LogP contribution in [0.1, 0.15) is 15.9 Å². The summed E-state index contributed by atoms with van der Waals surface area (Å²) in [6.07, 6.45) is 2.67. The van der Waals surface area contributed by atoms with Crippen LogP contribution >= 0.6 is 0 Å². The molecule has 0 heterocycles. The molecular weight excluding hydrogens is 295 g/mol. The van der Waals surface area contributed by atoms with Crippen LogP contribution in [0.4, 0.5) is 10.1 Å². The third-order valence-electron chi connectivity index (χ3n) is 3.13. The molecule has 5 heteroatoms. The van der Waals surface area contributed by atoms with Crippen LogP contribution in [-0.4, -0.2) is 30.8 Å². The van der Waals surface area contributed by atoms with Crippen LogP contribution in [0, 0.1) is 5.82 Å². The highest BCUT2D eigenvalue weighted by atomic mass is 19.1. The van der Waals surface area contributed by atoms with Crippen LogP contribution in [0.5, 0.6) is 0 Å². The summed E-state index contributed by atoms with van der Waals surface area (Å²) in [6, 6.07) is 12.8. The minimum atomic E-state index is -0.386. The van der Waals surface area contributed by atoms with Crippen molar-refractivity contribution in [2.75, 3.05) is 19.4 Å². The molecule has 2 aromatic carbocycles. The Balaban J connectivity index is 2.01. The van der Waals surface area contributed by atoms with E-state index in [4.69, 9.17) is 0 Å². The topological polar surface area (TPSA) is 49.4 Å². The van der Waals surface area contributed by atoms with Gasteiger partial charge in [-0.05, 0) is 36.4 Å². The summed E-state index contributed by atoms with van der Waals surface area (Å²) in [7, 11) is 3.34. The summed E-state index contributed by atoms with van der Waals surface area (Å²) in [4.78, 5) is 25.1. The molecule has 0 atom stereocenters. The quantitative estimate of drug-likeness (QED) is 0.882. The second-order valence-electron chi connectivity index (χ2n) is 5.12. The Bertz CT molecular complexity index is 737. The fraction of sp³-hybridized carbons (Fsp3) is 0.111. The molecule has 0 aromatic heterocycles. The van der Waals surface area contributed by atoms with Gasteiger partial charge in [0.15, 0.2) is 0 Å². The Hall–Kier alpha value is -2.95. The number of rotatable bonds is 4. The molecular formula is C18H17FN2O2. The molecule has 2 amide bonds. The number of carbonyl (C=O) groups excluding carboxylic acids is 2. The summed E-state index contributed by atoms with van der Waals surface area (Å²) in [5, 5.41) is 2.65. The molecule has 0 fully saturated rings. The summed E-state index contributed by atoms with van der Waals surface area (Å²) in [6.45, 7) is 0. The van der Waals surface area contributed by atoms with Crippen molar-refractivity contribution in [2.45, 2.75) is 0 Å². The number of amides is 2. The van der Waals surface area contributed by atoms with Crippen molar-refractivity contribution in [3.8, 4) is 0 Å². The molecule has 0 aliphatic rings. The maximum absolute atomic E-state index is 13.4. The first kappa shape index (κ1) is 16.4. The molecule has 0 saturated heterocycles. The van der Waals surface area contributed by atoms with Gasteiger partial charge in [0.25, 0.3) is 5.91 Å². The van der Waals surface area contributed by atoms with Crippen molar-refractivity contribution in [1.29, 1.82) is 0 Å². The highest BCUT2D eigenvalue weighted by Crippen LogP contribution is 2.12. The van der Waals surface area contributed by atoms with Gasteiger partial charge in [0, 0.05) is 37.0 Å². The largest absolute Gasteiger partial charge is 0.345 e. The monoisotopic (exact) mass is 312 g/mol. The number of anilines is 1. The Labute approximate surface area is 134 Å². The van der Waals surface area contributed by atoms with E-state index in [9.17, 15) is 14.0 Å². The lowest BCUT2D eigenvalue weighted by Gasteiger charge is -2.10. The lowest BCUT2D eigenvalue weighted by Crippen LogP contribution is -2.21. The molecule has 4 nitrogen and oxygen atoms in total. The van der Waals surface area contributed by atoms with Crippen molar-refractivity contribution in [1.82, 2.24) is 4.90 Å². The number of carbonyl (C=O) groups is 2. The summed E-state index contributed by atoms with van der Waals surface area (Å²) >= 11 is 0. The normalized spacial score (nSPS) is 10.6. The molecule has 0 bridgehead atoms. The smallest absolute Gasteiger partial charge is 0.253 e. The molecule has 118 valence electrons. The van der Waals surface area contributed by atoms with Crippen molar-refractivity contribution < 1.29 is 14.0 Å². The van der Waals surface area contributed by atoms with Gasteiger partial charge in [-0.3, -0.25) is 9.59 Å². The molecule has 0 saturated carbocycles. The Morgan fingerprint density at radius 1 is 1.04 bits per heavy atom. The Morgan fingerprint density at radius 2 is 1.70 bits per heavy atom. The fourth-order valence-corrected chi connectivity index (χ4v) is 1.91. The van der Waals surface area contributed by atoms with E-state index in [1.165, 1.54) is 23.1 Å². The van der Waals surface area contributed by atoms with Crippen LogP contribution in [0.2, 0.25) is 0 Å². The first-order valence-corrected chi connectivity index (χ1v) is 7.02. The first-order valence-electron chi connectivity index (χ1n) is 7.02. The van der Waals surface area contributed by atoms with E-state index in [1.807, 2.05) is 0 Å². The number of nitrogens with one attached hydrogen (secondary N) is 1. The lowest BCUT2D eigenvalue weighted by molar-refractivity contribution is -0.111. The highest BCUT2D eigenvalue weighted by Gasteiger charge is 2.07. The van der Waals surface area contributed by atoms with Crippen LogP contribution in [0.3, 0.4) is 0 Å². The van der Waals surface area contributed by atoms with Gasteiger partial charge in [-0.2, -0.15) is 0 Å². The Morgan fingerprint density at radius 3 is 2.30 bits per heavy atom. The predicted molar refractivity (Wildman–Crippen MR) is 88.5 cm³/mol. The van der Waals surface area contributed by atoms with Gasteiger partial charge in [-0.25, -0.2) is 4.39 Å². The average Bonchev–Trinajstić information content (AvgIpc) is 2.54. The number of hydrogen-bond acceptors (Lipinski definition) is 2. The van der Waals surface area contributed by atoms with Crippen molar-refractivity contribution in [3.63, 3.8) is 0 Å². The summed E-state index contributed by atoms with van der Waals surface area (Å²) in [5.74, 6) is -0.870. The van der Waals surface area contributed by atoms with E-state index in [1.54, 1.807) is 56.6 Å². The minimum Gasteiger partial charge on any atom is -0.345 e. The van der Waals surface area contributed by atoms with E-state index in [-0.39, 0.29) is 17.6 Å². The third kappa shape index (κ3) is 4.51. The molecule has 0 unspecified atom stereocenters. The third-order valence-corrected chi connectivity index (χ3v) is 3.13. The van der Waals surface area contributed by atoms with Crippen LogP contribution in [0.25, 0.3) is 6.08 Å². The number of halogens is 1. The second-order valence-corrected chi connectivity index (χ2v) is 5.12. The maximum Gasteiger partial charge on any atom is 0.253 e. The highest BCUT2D eigenvalue weighted by molar-refractivity contribution is 6.02. The van der Waals surface area contributed by atoms with Gasteiger partial charge in [0.2, 0.25) is 5.91 Å². The summed E-state index contributed by atoms with van der Waals surface area (Å²) in [5.41, 5.74) is 1.44. The minimum absolute atomic E-state index is 0.109. The number of benzene rings is 2. The molecule has 23 heavy (non-hydrogen) atoms. The van der Waals surface area contributed by atoms with Gasteiger partial charge in [0.05, 0.1) is 0 Å². The lowest BCUT2D eigenvalue weighted by atomic mass is 10.2.